The monoisotopic (exact) mass is 478 g/mol. The van der Waals surface area contributed by atoms with Crippen LogP contribution >= 0.6 is 0 Å². The minimum Gasteiger partial charge on any atom is -0.481 e. The lowest BCUT2D eigenvalue weighted by molar-refractivity contribution is -0.139. The molecule has 1 fully saturated rings. The van der Waals surface area contributed by atoms with Gasteiger partial charge in [-0.15, -0.1) is 0 Å². The fourth-order valence-corrected chi connectivity index (χ4v) is 5.30. The molecule has 1 saturated heterocycles. The summed E-state index contributed by atoms with van der Waals surface area (Å²) >= 11 is 0. The van der Waals surface area contributed by atoms with Crippen molar-refractivity contribution < 1.29 is 24.2 Å². The van der Waals surface area contributed by atoms with Crippen LogP contribution in [0.3, 0.4) is 0 Å². The zero-order chi connectivity index (χ0) is 24.9. The molecule has 2 amide bonds. The Morgan fingerprint density at radius 1 is 1.00 bits per heavy atom. The van der Waals surface area contributed by atoms with Crippen molar-refractivity contribution in [2.75, 3.05) is 19.7 Å². The number of carbonyl (C=O) groups is 3. The number of amides is 2. The molecule has 1 aliphatic carbocycles. The smallest absolute Gasteiger partial charge is 0.407 e. The molecule has 0 spiro atoms. The number of ether oxygens (including phenoxy) is 1. The highest BCUT2D eigenvalue weighted by Gasteiger charge is 2.32. The highest BCUT2D eigenvalue weighted by Crippen LogP contribution is 2.44. The van der Waals surface area contributed by atoms with Crippen LogP contribution in [0.15, 0.2) is 48.5 Å². The molecule has 0 radical (unpaired) electrons. The molecule has 0 saturated carbocycles. The summed E-state index contributed by atoms with van der Waals surface area (Å²) in [7, 11) is 0. The Labute approximate surface area is 206 Å². The zero-order valence-corrected chi connectivity index (χ0v) is 20.4. The van der Waals surface area contributed by atoms with Crippen molar-refractivity contribution in [1.82, 2.24) is 10.2 Å². The Bertz CT molecular complexity index is 1030. The number of piperidine rings is 1. The lowest BCUT2D eigenvalue weighted by Crippen LogP contribution is -2.51. The number of carboxylic acids is 1. The second-order valence-electron chi connectivity index (χ2n) is 10.0. The number of likely N-dealkylation sites (tertiary alicyclic amines) is 1. The predicted molar refractivity (Wildman–Crippen MR) is 133 cm³/mol. The van der Waals surface area contributed by atoms with Gasteiger partial charge in [-0.1, -0.05) is 62.4 Å². The van der Waals surface area contributed by atoms with Gasteiger partial charge < -0.3 is 20.1 Å². The fourth-order valence-electron chi connectivity index (χ4n) is 5.30. The Morgan fingerprint density at radius 2 is 1.57 bits per heavy atom. The van der Waals surface area contributed by atoms with E-state index in [0.717, 1.165) is 22.3 Å². The van der Waals surface area contributed by atoms with Gasteiger partial charge in [0.2, 0.25) is 5.91 Å². The largest absolute Gasteiger partial charge is 0.481 e. The van der Waals surface area contributed by atoms with E-state index in [9.17, 15) is 14.4 Å². The van der Waals surface area contributed by atoms with Crippen LogP contribution in [0, 0.1) is 11.8 Å². The van der Waals surface area contributed by atoms with E-state index in [4.69, 9.17) is 9.84 Å². The third-order valence-electron chi connectivity index (χ3n) is 7.03. The van der Waals surface area contributed by atoms with E-state index in [1.54, 1.807) is 4.90 Å². The Kier molecular flexibility index (Phi) is 7.73. The van der Waals surface area contributed by atoms with Crippen molar-refractivity contribution in [3.8, 4) is 11.1 Å². The first-order chi connectivity index (χ1) is 16.8. The minimum absolute atomic E-state index is 0.0411. The summed E-state index contributed by atoms with van der Waals surface area (Å²) in [4.78, 5) is 38.8. The molecule has 1 heterocycles. The number of nitrogens with zero attached hydrogens (tertiary/aromatic N) is 1. The summed E-state index contributed by atoms with van der Waals surface area (Å²) in [6.45, 7) is 5.25. The molecule has 7 nitrogen and oxygen atoms in total. The maximum Gasteiger partial charge on any atom is 0.407 e. The lowest BCUT2D eigenvalue weighted by atomic mass is 9.92. The van der Waals surface area contributed by atoms with Crippen LogP contribution in [0.2, 0.25) is 0 Å². The first-order valence-electron chi connectivity index (χ1n) is 12.5. The molecule has 0 bridgehead atoms. The average molecular weight is 479 g/mol. The molecule has 1 atom stereocenters. The second-order valence-corrected chi connectivity index (χ2v) is 10.0. The van der Waals surface area contributed by atoms with Crippen LogP contribution in [-0.2, 0) is 14.3 Å². The molecule has 7 heteroatoms. The van der Waals surface area contributed by atoms with Gasteiger partial charge in [0.15, 0.2) is 0 Å². The molecule has 0 unspecified atom stereocenters. The van der Waals surface area contributed by atoms with Gasteiger partial charge in [0.05, 0.1) is 0 Å². The number of hydrogen-bond acceptors (Lipinski definition) is 4. The van der Waals surface area contributed by atoms with Gasteiger partial charge in [0, 0.05) is 25.4 Å². The SMILES string of the molecule is CC(C)C[C@H](NC(=O)OCC1c2ccccc2-c2ccccc21)C(=O)N1CCC(CC(=O)O)CC1. The predicted octanol–water partition coefficient (Wildman–Crippen LogP) is 4.65. The number of aliphatic carboxylic acids is 1. The van der Waals surface area contributed by atoms with Crippen molar-refractivity contribution >= 4 is 18.0 Å². The zero-order valence-electron chi connectivity index (χ0n) is 20.4. The van der Waals surface area contributed by atoms with Crippen molar-refractivity contribution in [3.05, 3.63) is 59.7 Å². The van der Waals surface area contributed by atoms with E-state index in [-0.39, 0.29) is 36.7 Å². The number of rotatable bonds is 8. The molecule has 2 aliphatic rings. The van der Waals surface area contributed by atoms with E-state index in [0.29, 0.717) is 32.4 Å². The maximum atomic E-state index is 13.2. The molecular weight excluding hydrogens is 444 g/mol. The van der Waals surface area contributed by atoms with Crippen molar-refractivity contribution in [2.45, 2.75) is 51.5 Å². The molecule has 2 N–H and O–H groups in total. The summed E-state index contributed by atoms with van der Waals surface area (Å²) in [5.41, 5.74) is 4.61. The Balaban J connectivity index is 1.37. The van der Waals surface area contributed by atoms with Crippen LogP contribution in [-0.4, -0.2) is 53.7 Å². The van der Waals surface area contributed by atoms with Gasteiger partial charge in [0.25, 0.3) is 0 Å². The molecular formula is C28H34N2O5. The molecule has 35 heavy (non-hydrogen) atoms. The number of nitrogens with one attached hydrogen (secondary N) is 1. The number of carbonyl (C=O) groups excluding carboxylic acids is 2. The van der Waals surface area contributed by atoms with Crippen LogP contribution in [0.4, 0.5) is 4.79 Å². The van der Waals surface area contributed by atoms with Crippen molar-refractivity contribution in [1.29, 1.82) is 0 Å². The summed E-state index contributed by atoms with van der Waals surface area (Å²) in [5.74, 6) is -0.663. The fraction of sp³-hybridized carbons (Fsp3) is 0.464. The van der Waals surface area contributed by atoms with Crippen LogP contribution in [0.25, 0.3) is 11.1 Å². The highest BCUT2D eigenvalue weighted by molar-refractivity contribution is 5.86. The Morgan fingerprint density at radius 3 is 2.11 bits per heavy atom. The van der Waals surface area contributed by atoms with E-state index in [1.165, 1.54) is 0 Å². The first-order valence-corrected chi connectivity index (χ1v) is 12.5. The number of benzene rings is 2. The topological polar surface area (TPSA) is 95.9 Å². The first kappa shape index (κ1) is 24.8. The maximum absolute atomic E-state index is 13.2. The molecule has 2 aromatic carbocycles. The van der Waals surface area contributed by atoms with Crippen molar-refractivity contribution in [3.63, 3.8) is 0 Å². The van der Waals surface area contributed by atoms with Crippen molar-refractivity contribution in [2.24, 2.45) is 11.8 Å². The summed E-state index contributed by atoms with van der Waals surface area (Å²) in [5, 5.41) is 11.8. The van der Waals surface area contributed by atoms with Gasteiger partial charge in [-0.25, -0.2) is 4.79 Å². The summed E-state index contributed by atoms with van der Waals surface area (Å²) in [6.07, 6.45) is 1.38. The number of alkyl carbamates (subject to hydrolysis) is 1. The molecule has 186 valence electrons. The van der Waals surface area contributed by atoms with E-state index in [1.807, 2.05) is 38.1 Å². The van der Waals surface area contributed by atoms with E-state index < -0.39 is 18.1 Å². The third-order valence-corrected chi connectivity index (χ3v) is 7.03. The van der Waals surface area contributed by atoms with Gasteiger partial charge >= 0.3 is 12.1 Å². The van der Waals surface area contributed by atoms with Gasteiger partial charge in [-0.05, 0) is 53.4 Å². The van der Waals surface area contributed by atoms with Gasteiger partial charge in [-0.2, -0.15) is 0 Å². The van der Waals surface area contributed by atoms with E-state index >= 15 is 0 Å². The highest BCUT2D eigenvalue weighted by atomic mass is 16.5. The summed E-state index contributed by atoms with van der Waals surface area (Å²) < 4.78 is 5.66. The van der Waals surface area contributed by atoms with Gasteiger partial charge in [0.1, 0.15) is 12.6 Å². The number of hydrogen-bond donors (Lipinski definition) is 2. The quantitative estimate of drug-likeness (QED) is 0.576. The molecule has 2 aromatic rings. The summed E-state index contributed by atoms with van der Waals surface area (Å²) in [6, 6.07) is 15.7. The second kappa shape index (κ2) is 10.9. The van der Waals surface area contributed by atoms with Crippen LogP contribution in [0.1, 0.15) is 56.6 Å². The average Bonchev–Trinajstić information content (AvgIpc) is 3.15. The molecule has 0 aromatic heterocycles. The van der Waals surface area contributed by atoms with E-state index in [2.05, 4.69) is 29.6 Å². The lowest BCUT2D eigenvalue weighted by Gasteiger charge is -2.34. The van der Waals surface area contributed by atoms with Crippen LogP contribution in [0.5, 0.6) is 0 Å². The number of fused-ring (bicyclic) bond motifs is 3. The standard InChI is InChI=1S/C28H34N2O5/c1-18(2)15-25(27(33)30-13-11-19(12-14-30)16-26(31)32)29-28(34)35-17-24-22-9-5-3-7-20(22)21-8-4-6-10-23(21)24/h3-10,18-19,24-25H,11-17H2,1-2H3,(H,29,34)(H,31,32)/t25-/m0/s1. The van der Waals surface area contributed by atoms with Gasteiger partial charge in [-0.3, -0.25) is 9.59 Å². The minimum atomic E-state index is -0.801. The third kappa shape index (κ3) is 5.84. The van der Waals surface area contributed by atoms with Crippen LogP contribution < -0.4 is 5.32 Å². The Hall–Kier alpha value is -3.35. The molecule has 4 rings (SSSR count). The molecule has 1 aliphatic heterocycles. The number of carboxylic acid groups (broad SMARTS) is 1. The normalized spacial score (nSPS) is 16.5.